The molecule has 0 N–H and O–H groups in total. The lowest BCUT2D eigenvalue weighted by Gasteiger charge is -2.30. The van der Waals surface area contributed by atoms with Crippen molar-refractivity contribution in [2.75, 3.05) is 7.11 Å². The molecule has 0 aliphatic heterocycles. The Morgan fingerprint density at radius 1 is 1.25 bits per heavy atom. The van der Waals surface area contributed by atoms with Crippen molar-refractivity contribution >= 4 is 5.97 Å². The first-order chi connectivity index (χ1) is 5.30. The summed E-state index contributed by atoms with van der Waals surface area (Å²) in [7, 11) is 1.44. The zero-order valence-electron chi connectivity index (χ0n) is 8.97. The van der Waals surface area contributed by atoms with Crippen molar-refractivity contribution in [2.24, 2.45) is 17.3 Å². The molecule has 0 spiro atoms. The van der Waals surface area contributed by atoms with Gasteiger partial charge in [0, 0.05) is 0 Å². The van der Waals surface area contributed by atoms with Gasteiger partial charge < -0.3 is 4.74 Å². The molecule has 2 nitrogen and oxygen atoms in total. The lowest BCUT2D eigenvalue weighted by Crippen LogP contribution is -2.29. The molecular formula is C10H20O2. The summed E-state index contributed by atoms with van der Waals surface area (Å²) in [4.78, 5) is 11.2. The van der Waals surface area contributed by atoms with Crippen LogP contribution in [0.3, 0.4) is 0 Å². The average molecular weight is 172 g/mol. The number of rotatable bonds is 2. The Morgan fingerprint density at radius 2 is 1.67 bits per heavy atom. The van der Waals surface area contributed by atoms with Crippen LogP contribution in [0.2, 0.25) is 0 Å². The van der Waals surface area contributed by atoms with Crippen LogP contribution in [0.15, 0.2) is 0 Å². The van der Waals surface area contributed by atoms with E-state index in [9.17, 15) is 4.79 Å². The molecule has 12 heavy (non-hydrogen) atoms. The Hall–Kier alpha value is -0.530. The lowest BCUT2D eigenvalue weighted by molar-refractivity contribution is -0.147. The fraction of sp³-hybridized carbons (Fsp3) is 0.900. The highest BCUT2D eigenvalue weighted by atomic mass is 16.5. The molecule has 0 aliphatic carbocycles. The van der Waals surface area contributed by atoms with Gasteiger partial charge in [-0.05, 0) is 11.3 Å². The van der Waals surface area contributed by atoms with Gasteiger partial charge in [-0.15, -0.1) is 0 Å². The number of esters is 1. The van der Waals surface area contributed by atoms with Gasteiger partial charge in [0.15, 0.2) is 0 Å². The monoisotopic (exact) mass is 172 g/mol. The summed E-state index contributed by atoms with van der Waals surface area (Å²) in [5.41, 5.74) is 0.160. The van der Waals surface area contributed by atoms with Gasteiger partial charge in [-0.2, -0.15) is 0 Å². The normalized spacial score (nSPS) is 16.8. The Labute approximate surface area is 75.3 Å². The zero-order valence-corrected chi connectivity index (χ0v) is 8.97. The highest BCUT2D eigenvalue weighted by molar-refractivity contribution is 5.72. The fourth-order valence-corrected chi connectivity index (χ4v) is 1.14. The number of ether oxygens (including phenoxy) is 1. The molecule has 0 amide bonds. The van der Waals surface area contributed by atoms with Gasteiger partial charge in [0.1, 0.15) is 0 Å². The number of carbonyl (C=O) groups excluding carboxylic acids is 1. The van der Waals surface area contributed by atoms with Gasteiger partial charge in [0.2, 0.25) is 0 Å². The smallest absolute Gasteiger partial charge is 0.308 e. The largest absolute Gasteiger partial charge is 0.469 e. The van der Waals surface area contributed by atoms with Crippen molar-refractivity contribution in [3.8, 4) is 0 Å². The molecule has 0 fully saturated rings. The van der Waals surface area contributed by atoms with E-state index < -0.39 is 0 Å². The summed E-state index contributed by atoms with van der Waals surface area (Å²) in [6, 6.07) is 0. The van der Waals surface area contributed by atoms with Crippen molar-refractivity contribution in [1.82, 2.24) is 0 Å². The molecule has 0 aromatic carbocycles. The van der Waals surface area contributed by atoms with Crippen molar-refractivity contribution in [1.29, 1.82) is 0 Å². The van der Waals surface area contributed by atoms with E-state index in [1.165, 1.54) is 7.11 Å². The highest BCUT2D eigenvalue weighted by Crippen LogP contribution is 2.31. The van der Waals surface area contributed by atoms with Crippen LogP contribution < -0.4 is 0 Å². The minimum Gasteiger partial charge on any atom is -0.469 e. The summed E-state index contributed by atoms with van der Waals surface area (Å²) >= 11 is 0. The van der Waals surface area contributed by atoms with Crippen LogP contribution >= 0.6 is 0 Å². The van der Waals surface area contributed by atoms with Gasteiger partial charge >= 0.3 is 5.97 Å². The van der Waals surface area contributed by atoms with Crippen molar-refractivity contribution in [2.45, 2.75) is 34.6 Å². The summed E-state index contributed by atoms with van der Waals surface area (Å²) in [5.74, 6) is 0.206. The first-order valence-electron chi connectivity index (χ1n) is 4.38. The van der Waals surface area contributed by atoms with E-state index >= 15 is 0 Å². The molecule has 0 rings (SSSR count). The van der Waals surface area contributed by atoms with E-state index in [-0.39, 0.29) is 17.3 Å². The van der Waals surface area contributed by atoms with Crippen molar-refractivity contribution in [3.63, 3.8) is 0 Å². The summed E-state index contributed by atoms with van der Waals surface area (Å²) < 4.78 is 4.69. The fourth-order valence-electron chi connectivity index (χ4n) is 1.14. The Balaban J connectivity index is 4.29. The molecule has 0 saturated heterocycles. The molecule has 2 heteroatoms. The minimum atomic E-state index is -0.113. The molecule has 0 saturated carbocycles. The van der Waals surface area contributed by atoms with E-state index in [1.807, 2.05) is 6.92 Å². The predicted octanol–water partition coefficient (Wildman–Crippen LogP) is 2.48. The topological polar surface area (TPSA) is 26.3 Å². The van der Waals surface area contributed by atoms with Crippen LogP contribution in [-0.4, -0.2) is 13.1 Å². The van der Waals surface area contributed by atoms with Gasteiger partial charge in [-0.3, -0.25) is 4.79 Å². The number of hydrogen-bond acceptors (Lipinski definition) is 2. The molecule has 0 aromatic heterocycles. The molecule has 0 aromatic rings. The quantitative estimate of drug-likeness (QED) is 0.598. The molecule has 0 heterocycles. The van der Waals surface area contributed by atoms with Crippen LogP contribution in [0, 0.1) is 17.3 Å². The average Bonchev–Trinajstić information content (AvgIpc) is 1.98. The third-order valence-corrected chi connectivity index (χ3v) is 2.69. The molecule has 2 atom stereocenters. The minimum absolute atomic E-state index is 0.0185. The van der Waals surface area contributed by atoms with E-state index in [0.717, 1.165) is 0 Å². The second-order valence-corrected chi connectivity index (χ2v) is 4.47. The third kappa shape index (κ3) is 2.84. The predicted molar refractivity (Wildman–Crippen MR) is 49.8 cm³/mol. The second-order valence-electron chi connectivity index (χ2n) is 4.47. The molecule has 0 unspecified atom stereocenters. The lowest BCUT2D eigenvalue weighted by atomic mass is 9.75. The van der Waals surface area contributed by atoms with Gasteiger partial charge in [0.25, 0.3) is 0 Å². The van der Waals surface area contributed by atoms with Gasteiger partial charge in [-0.1, -0.05) is 34.6 Å². The molecular weight excluding hydrogens is 152 g/mol. The van der Waals surface area contributed by atoms with Crippen LogP contribution in [-0.2, 0) is 9.53 Å². The summed E-state index contributed by atoms with van der Waals surface area (Å²) in [6.07, 6.45) is 0. The highest BCUT2D eigenvalue weighted by Gasteiger charge is 2.30. The summed E-state index contributed by atoms with van der Waals surface area (Å²) in [6.45, 7) is 10.4. The SMILES string of the molecule is COC(=O)[C@@H](C)[C@@H](C)C(C)(C)C. The van der Waals surface area contributed by atoms with Crippen LogP contribution in [0.4, 0.5) is 0 Å². The molecule has 0 radical (unpaired) electrons. The number of carbonyl (C=O) groups is 1. The standard InChI is InChI=1S/C10H20O2/c1-7(9(11)12-6)8(2)10(3,4)5/h7-8H,1-6H3/t7-,8+/m0/s1. The number of methoxy groups -OCH3 is 1. The van der Waals surface area contributed by atoms with E-state index in [1.54, 1.807) is 0 Å². The van der Waals surface area contributed by atoms with Crippen LogP contribution in [0.5, 0.6) is 0 Å². The second kappa shape index (κ2) is 3.92. The Bertz CT molecular complexity index is 156. The van der Waals surface area contributed by atoms with Crippen LogP contribution in [0.1, 0.15) is 34.6 Å². The van der Waals surface area contributed by atoms with Crippen LogP contribution in [0.25, 0.3) is 0 Å². The van der Waals surface area contributed by atoms with Crippen molar-refractivity contribution < 1.29 is 9.53 Å². The maximum atomic E-state index is 11.2. The zero-order chi connectivity index (χ0) is 9.94. The van der Waals surface area contributed by atoms with E-state index in [2.05, 4.69) is 32.4 Å². The van der Waals surface area contributed by atoms with Crippen molar-refractivity contribution in [3.05, 3.63) is 0 Å². The molecule has 0 bridgehead atoms. The van der Waals surface area contributed by atoms with E-state index in [4.69, 9.17) is 0 Å². The third-order valence-electron chi connectivity index (χ3n) is 2.69. The Morgan fingerprint density at radius 3 is 1.92 bits per heavy atom. The van der Waals surface area contributed by atoms with E-state index in [0.29, 0.717) is 5.92 Å². The summed E-state index contributed by atoms with van der Waals surface area (Å²) in [5, 5.41) is 0. The number of hydrogen-bond donors (Lipinski definition) is 0. The Kier molecular flexibility index (Phi) is 3.75. The maximum Gasteiger partial charge on any atom is 0.308 e. The first-order valence-corrected chi connectivity index (χ1v) is 4.38. The molecule has 0 aliphatic rings. The first kappa shape index (κ1) is 11.5. The maximum absolute atomic E-state index is 11.2. The van der Waals surface area contributed by atoms with Gasteiger partial charge in [0.05, 0.1) is 13.0 Å². The van der Waals surface area contributed by atoms with Gasteiger partial charge in [-0.25, -0.2) is 0 Å². The molecule has 72 valence electrons.